The molecule has 1 fully saturated rings. The van der Waals surface area contributed by atoms with Crippen molar-refractivity contribution in [3.8, 4) is 0 Å². The van der Waals surface area contributed by atoms with E-state index in [0.29, 0.717) is 42.4 Å². The smallest absolute Gasteiger partial charge is 0.338 e. The number of rotatable bonds is 9. The molecule has 3 aromatic rings. The fraction of sp³-hybridized carbons (Fsp3) is 0.455. The average molecular weight is 424 g/mol. The van der Waals surface area contributed by atoms with Gasteiger partial charge in [0.05, 0.1) is 18.5 Å². The van der Waals surface area contributed by atoms with Crippen LogP contribution in [-0.2, 0) is 4.74 Å². The largest absolute Gasteiger partial charge is 0.462 e. The van der Waals surface area contributed by atoms with Gasteiger partial charge in [0.2, 0.25) is 5.95 Å². The number of unbranched alkanes of at least 4 members (excludes halogenated alkanes) is 1. The quantitative estimate of drug-likeness (QED) is 0.305. The van der Waals surface area contributed by atoms with Crippen molar-refractivity contribution in [2.45, 2.75) is 50.6 Å². The van der Waals surface area contributed by atoms with E-state index in [1.165, 1.54) is 0 Å². The van der Waals surface area contributed by atoms with Gasteiger partial charge >= 0.3 is 5.97 Å². The number of nitrogens with one attached hydrogen (secondary N) is 3. The normalized spacial score (nSPS) is 18.6. The van der Waals surface area contributed by atoms with E-state index in [0.717, 1.165) is 49.9 Å². The van der Waals surface area contributed by atoms with Crippen molar-refractivity contribution in [3.63, 3.8) is 0 Å². The molecule has 0 unspecified atom stereocenters. The van der Waals surface area contributed by atoms with Crippen LogP contribution < -0.4 is 16.4 Å². The first-order valence-corrected chi connectivity index (χ1v) is 10.9. The second-order valence-corrected chi connectivity index (χ2v) is 7.89. The van der Waals surface area contributed by atoms with Crippen LogP contribution in [0.25, 0.3) is 11.2 Å². The van der Waals surface area contributed by atoms with Crippen LogP contribution in [0.15, 0.2) is 36.7 Å². The van der Waals surface area contributed by atoms with Gasteiger partial charge in [-0.2, -0.15) is 9.97 Å². The number of aromatic nitrogens is 4. The summed E-state index contributed by atoms with van der Waals surface area (Å²) in [7, 11) is 0. The second kappa shape index (κ2) is 10.2. The molecule has 31 heavy (non-hydrogen) atoms. The number of nitrogens with two attached hydrogens (primary N) is 1. The van der Waals surface area contributed by atoms with Gasteiger partial charge in [0, 0.05) is 18.6 Å². The van der Waals surface area contributed by atoms with E-state index in [-0.39, 0.29) is 5.97 Å². The lowest BCUT2D eigenvalue weighted by Gasteiger charge is -2.26. The molecule has 1 aromatic carbocycles. The Balaban J connectivity index is 1.26. The maximum atomic E-state index is 12.0. The third-order valence-corrected chi connectivity index (χ3v) is 5.50. The Morgan fingerprint density at radius 1 is 1.13 bits per heavy atom. The number of H-pyrrole nitrogens is 1. The average Bonchev–Trinajstić information content (AvgIpc) is 3.27. The molecule has 9 heteroatoms. The third kappa shape index (κ3) is 5.69. The number of carbonyl (C=O) groups excluding carboxylic acids is 1. The van der Waals surface area contributed by atoms with Gasteiger partial charge in [-0.1, -0.05) is 18.2 Å². The van der Waals surface area contributed by atoms with Gasteiger partial charge in [-0.25, -0.2) is 9.78 Å². The molecule has 0 radical (unpaired) electrons. The van der Waals surface area contributed by atoms with Gasteiger partial charge in [-0.3, -0.25) is 0 Å². The Kier molecular flexibility index (Phi) is 6.93. The Bertz CT molecular complexity index is 984. The van der Waals surface area contributed by atoms with Crippen molar-refractivity contribution in [3.05, 3.63) is 42.2 Å². The zero-order valence-electron chi connectivity index (χ0n) is 17.5. The van der Waals surface area contributed by atoms with Gasteiger partial charge in [-0.15, -0.1) is 0 Å². The molecule has 2 aromatic heterocycles. The highest BCUT2D eigenvalue weighted by Crippen LogP contribution is 2.23. The molecule has 0 spiro atoms. The highest BCUT2D eigenvalue weighted by Gasteiger charge is 2.20. The molecule has 0 amide bonds. The van der Waals surface area contributed by atoms with Crippen molar-refractivity contribution < 1.29 is 9.53 Å². The molecule has 0 atom stereocenters. The number of hydrogen-bond acceptors (Lipinski definition) is 8. The standard InChI is InChI=1S/C22H29N7O2/c23-16-8-10-17(11-9-16)27-22-28-19(18-20(29-22)26-14-25-18)24-12-4-5-13-31-21(30)15-6-2-1-3-7-15/h1-3,6-7,14,16-17H,4-5,8-13,23H2,(H3,24,25,26,27,28,29). The number of ether oxygens (including phenoxy) is 1. The predicted octanol–water partition coefficient (Wildman–Crippen LogP) is 3.08. The zero-order chi connectivity index (χ0) is 21.5. The molecule has 9 nitrogen and oxygen atoms in total. The lowest BCUT2D eigenvalue weighted by Crippen LogP contribution is -2.33. The van der Waals surface area contributed by atoms with Gasteiger partial charge in [0.1, 0.15) is 5.52 Å². The van der Waals surface area contributed by atoms with Crippen LogP contribution in [0.1, 0.15) is 48.9 Å². The Labute approximate surface area is 181 Å². The first-order valence-electron chi connectivity index (χ1n) is 10.9. The van der Waals surface area contributed by atoms with E-state index in [1.54, 1.807) is 18.5 Å². The molecule has 1 aliphatic rings. The SMILES string of the molecule is NC1CCC(Nc2nc(NCCCCOC(=O)c3ccccc3)c3[nH]cnc3n2)CC1. The summed E-state index contributed by atoms with van der Waals surface area (Å²) >= 11 is 0. The number of carbonyl (C=O) groups is 1. The van der Waals surface area contributed by atoms with Crippen LogP contribution in [0.5, 0.6) is 0 Å². The molecule has 4 rings (SSSR count). The molecule has 1 saturated carbocycles. The fourth-order valence-electron chi connectivity index (χ4n) is 3.73. The Morgan fingerprint density at radius 3 is 2.74 bits per heavy atom. The van der Waals surface area contributed by atoms with Gasteiger partial charge in [0.25, 0.3) is 0 Å². The molecule has 164 valence electrons. The van der Waals surface area contributed by atoms with E-state index in [4.69, 9.17) is 10.5 Å². The van der Waals surface area contributed by atoms with Crippen molar-refractivity contribution in [1.82, 2.24) is 19.9 Å². The second-order valence-electron chi connectivity index (χ2n) is 7.89. The number of imidazole rings is 1. The Morgan fingerprint density at radius 2 is 1.94 bits per heavy atom. The lowest BCUT2D eigenvalue weighted by molar-refractivity contribution is 0.0499. The topological polar surface area (TPSA) is 131 Å². The van der Waals surface area contributed by atoms with E-state index < -0.39 is 0 Å². The highest BCUT2D eigenvalue weighted by molar-refractivity contribution is 5.89. The molecular formula is C22H29N7O2. The summed E-state index contributed by atoms with van der Waals surface area (Å²) in [6.07, 6.45) is 7.30. The van der Waals surface area contributed by atoms with Gasteiger partial charge in [-0.05, 0) is 50.7 Å². The molecular weight excluding hydrogens is 394 g/mol. The number of hydrogen-bond donors (Lipinski definition) is 4. The molecule has 1 aliphatic carbocycles. The van der Waals surface area contributed by atoms with Crippen LogP contribution in [0.3, 0.4) is 0 Å². The van der Waals surface area contributed by atoms with Crippen molar-refractivity contribution >= 4 is 28.9 Å². The highest BCUT2D eigenvalue weighted by atomic mass is 16.5. The zero-order valence-corrected chi connectivity index (χ0v) is 17.5. The summed E-state index contributed by atoms with van der Waals surface area (Å²) in [5.74, 6) is 1.01. The minimum atomic E-state index is -0.289. The Hall–Kier alpha value is -3.20. The number of esters is 1. The van der Waals surface area contributed by atoms with Crippen LogP contribution >= 0.6 is 0 Å². The van der Waals surface area contributed by atoms with E-state index in [1.807, 2.05) is 18.2 Å². The number of anilines is 2. The summed E-state index contributed by atoms with van der Waals surface area (Å²) in [6.45, 7) is 1.08. The molecule has 0 bridgehead atoms. The van der Waals surface area contributed by atoms with Crippen molar-refractivity contribution in [2.75, 3.05) is 23.8 Å². The van der Waals surface area contributed by atoms with Gasteiger partial charge in [0.15, 0.2) is 11.5 Å². The first kappa shape index (κ1) is 21.0. The lowest BCUT2D eigenvalue weighted by atomic mass is 9.92. The maximum Gasteiger partial charge on any atom is 0.338 e. The van der Waals surface area contributed by atoms with Crippen LogP contribution in [0.4, 0.5) is 11.8 Å². The molecule has 0 aliphatic heterocycles. The van der Waals surface area contributed by atoms with Crippen molar-refractivity contribution in [2.24, 2.45) is 5.73 Å². The van der Waals surface area contributed by atoms with Gasteiger partial charge < -0.3 is 26.1 Å². The van der Waals surface area contributed by atoms with Crippen molar-refractivity contribution in [1.29, 1.82) is 0 Å². The number of nitrogens with zero attached hydrogens (tertiary/aromatic N) is 3. The minimum Gasteiger partial charge on any atom is -0.462 e. The molecule has 2 heterocycles. The minimum absolute atomic E-state index is 0.289. The van der Waals surface area contributed by atoms with E-state index >= 15 is 0 Å². The number of benzene rings is 1. The van der Waals surface area contributed by atoms with Crippen LogP contribution in [0, 0.1) is 0 Å². The van der Waals surface area contributed by atoms with Crippen LogP contribution in [-0.4, -0.2) is 51.1 Å². The molecule has 0 saturated heterocycles. The maximum absolute atomic E-state index is 12.0. The summed E-state index contributed by atoms with van der Waals surface area (Å²) in [5.41, 5.74) is 7.99. The summed E-state index contributed by atoms with van der Waals surface area (Å²) in [4.78, 5) is 28.5. The monoisotopic (exact) mass is 423 g/mol. The predicted molar refractivity (Wildman–Crippen MR) is 120 cm³/mol. The number of fused-ring (bicyclic) bond motifs is 1. The third-order valence-electron chi connectivity index (χ3n) is 5.50. The number of aromatic amines is 1. The summed E-state index contributed by atoms with van der Waals surface area (Å²) < 4.78 is 5.32. The van der Waals surface area contributed by atoms with E-state index in [9.17, 15) is 4.79 Å². The van der Waals surface area contributed by atoms with E-state index in [2.05, 4.69) is 30.6 Å². The van der Waals surface area contributed by atoms with Crippen LogP contribution in [0.2, 0.25) is 0 Å². The molecule has 5 N–H and O–H groups in total. The summed E-state index contributed by atoms with van der Waals surface area (Å²) in [5, 5.41) is 6.79. The fourth-order valence-corrected chi connectivity index (χ4v) is 3.73. The first-order chi connectivity index (χ1) is 15.2. The summed E-state index contributed by atoms with van der Waals surface area (Å²) in [6, 6.07) is 9.66.